The van der Waals surface area contributed by atoms with Crippen molar-refractivity contribution in [3.63, 3.8) is 0 Å². The van der Waals surface area contributed by atoms with E-state index in [4.69, 9.17) is 0 Å². The molecule has 0 nitrogen and oxygen atoms in total. The summed E-state index contributed by atoms with van der Waals surface area (Å²) in [7, 11) is 0. The Morgan fingerprint density at radius 2 is 2.10 bits per heavy atom. The third-order valence-electron chi connectivity index (χ3n) is 2.06. The van der Waals surface area contributed by atoms with Gasteiger partial charge in [-0.05, 0) is 24.0 Å². The van der Waals surface area contributed by atoms with Crippen molar-refractivity contribution in [1.82, 2.24) is 0 Å². The van der Waals surface area contributed by atoms with Gasteiger partial charge in [0.25, 0.3) is 0 Å². The van der Waals surface area contributed by atoms with Gasteiger partial charge >= 0.3 is 0 Å². The molecule has 2 rings (SSSR count). The van der Waals surface area contributed by atoms with Crippen LogP contribution in [0.5, 0.6) is 0 Å². The molecule has 0 fully saturated rings. The third kappa shape index (κ3) is 0.737. The first-order chi connectivity index (χ1) is 4.88. The van der Waals surface area contributed by atoms with E-state index in [9.17, 15) is 4.39 Å². The van der Waals surface area contributed by atoms with Crippen LogP contribution in [0.25, 0.3) is 0 Å². The minimum absolute atomic E-state index is 0.680. The summed E-state index contributed by atoms with van der Waals surface area (Å²) < 4.78 is 12.9. The molecule has 0 saturated heterocycles. The molecule has 1 atom stereocenters. The van der Waals surface area contributed by atoms with Gasteiger partial charge in [-0.2, -0.15) is 0 Å². The van der Waals surface area contributed by atoms with Gasteiger partial charge in [0.2, 0.25) is 0 Å². The van der Waals surface area contributed by atoms with Crippen molar-refractivity contribution in [2.24, 2.45) is 0 Å². The highest BCUT2D eigenvalue weighted by Gasteiger charge is 2.20. The predicted molar refractivity (Wildman–Crippen MR) is 38.6 cm³/mol. The molecule has 52 valence electrons. The number of benzene rings is 1. The SMILES string of the molecule is F[C@@H]1CCc2ccccc21. The summed E-state index contributed by atoms with van der Waals surface area (Å²) in [6.45, 7) is 0. The number of hydrogen-bond acceptors (Lipinski definition) is 0. The van der Waals surface area contributed by atoms with Gasteiger partial charge in [0.15, 0.2) is 0 Å². The summed E-state index contributed by atoms with van der Waals surface area (Å²) in [6, 6.07) is 7.76. The normalized spacial score (nSPS) is 22.7. The van der Waals surface area contributed by atoms with Gasteiger partial charge in [-0.15, -0.1) is 0 Å². The largest absolute Gasteiger partial charge is 0.242 e. The Kier molecular flexibility index (Phi) is 1.23. The van der Waals surface area contributed by atoms with Crippen LogP contribution in [0.2, 0.25) is 0 Å². The second kappa shape index (κ2) is 2.08. The molecule has 0 saturated carbocycles. The fourth-order valence-electron chi connectivity index (χ4n) is 1.51. The first kappa shape index (κ1) is 5.90. The molecule has 0 aliphatic heterocycles. The third-order valence-corrected chi connectivity index (χ3v) is 2.06. The molecule has 0 amide bonds. The second-order valence-electron chi connectivity index (χ2n) is 2.71. The van der Waals surface area contributed by atoms with E-state index in [1.807, 2.05) is 24.3 Å². The molecule has 0 spiro atoms. The Morgan fingerprint density at radius 3 is 2.90 bits per heavy atom. The van der Waals surface area contributed by atoms with Gasteiger partial charge in [-0.3, -0.25) is 0 Å². The van der Waals surface area contributed by atoms with Gasteiger partial charge in [0.1, 0.15) is 6.17 Å². The van der Waals surface area contributed by atoms with Gasteiger partial charge < -0.3 is 0 Å². The van der Waals surface area contributed by atoms with Crippen molar-refractivity contribution in [3.8, 4) is 0 Å². The molecule has 1 aromatic rings. The van der Waals surface area contributed by atoms with Crippen molar-refractivity contribution < 1.29 is 4.39 Å². The van der Waals surface area contributed by atoms with Crippen LogP contribution < -0.4 is 0 Å². The summed E-state index contributed by atoms with van der Waals surface area (Å²) >= 11 is 0. The van der Waals surface area contributed by atoms with Crippen LogP contribution in [0.1, 0.15) is 23.7 Å². The molecule has 0 radical (unpaired) electrons. The molecule has 1 aromatic carbocycles. The Bertz CT molecular complexity index is 242. The highest BCUT2D eigenvalue weighted by atomic mass is 19.1. The molecule has 0 heterocycles. The number of aryl methyl sites for hydroxylation is 1. The Hall–Kier alpha value is -0.850. The first-order valence-corrected chi connectivity index (χ1v) is 3.60. The maximum Gasteiger partial charge on any atom is 0.126 e. The maximum atomic E-state index is 12.9. The Balaban J connectivity index is 2.51. The van der Waals surface area contributed by atoms with Crippen molar-refractivity contribution in [2.75, 3.05) is 0 Å². The predicted octanol–water partition coefficient (Wildman–Crippen LogP) is 2.64. The Morgan fingerprint density at radius 1 is 1.30 bits per heavy atom. The monoisotopic (exact) mass is 136 g/mol. The number of alkyl halides is 1. The number of fused-ring (bicyclic) bond motifs is 1. The fourth-order valence-corrected chi connectivity index (χ4v) is 1.51. The van der Waals surface area contributed by atoms with Crippen LogP contribution in [0.15, 0.2) is 24.3 Å². The molecule has 0 aromatic heterocycles. The molecular weight excluding hydrogens is 127 g/mol. The number of rotatable bonds is 0. The van der Waals surface area contributed by atoms with Crippen LogP contribution in [-0.4, -0.2) is 0 Å². The van der Waals surface area contributed by atoms with Gasteiger partial charge in [0, 0.05) is 0 Å². The maximum absolute atomic E-state index is 12.9. The number of hydrogen-bond donors (Lipinski definition) is 0. The van der Waals surface area contributed by atoms with Gasteiger partial charge in [0.05, 0.1) is 0 Å². The standard InChI is InChI=1S/C9H9F/c10-9-6-5-7-3-1-2-4-8(7)9/h1-4,9H,5-6H2/t9-/m1/s1. The highest BCUT2D eigenvalue weighted by Crippen LogP contribution is 2.33. The lowest BCUT2D eigenvalue weighted by Crippen LogP contribution is -1.81. The van der Waals surface area contributed by atoms with Crippen molar-refractivity contribution in [3.05, 3.63) is 35.4 Å². The van der Waals surface area contributed by atoms with Crippen LogP contribution in [0.4, 0.5) is 4.39 Å². The van der Waals surface area contributed by atoms with Crippen molar-refractivity contribution in [1.29, 1.82) is 0 Å². The van der Waals surface area contributed by atoms with Crippen LogP contribution in [0.3, 0.4) is 0 Å². The summed E-state index contributed by atoms with van der Waals surface area (Å²) in [5, 5.41) is 0. The molecule has 1 aliphatic carbocycles. The van der Waals surface area contributed by atoms with E-state index in [2.05, 4.69) is 0 Å². The van der Waals surface area contributed by atoms with Gasteiger partial charge in [-0.1, -0.05) is 24.3 Å². The summed E-state index contributed by atoms with van der Waals surface area (Å²) in [5.41, 5.74) is 2.09. The van der Waals surface area contributed by atoms with E-state index < -0.39 is 6.17 Å². The van der Waals surface area contributed by atoms with Crippen LogP contribution in [0, 0.1) is 0 Å². The van der Waals surface area contributed by atoms with E-state index in [0.29, 0.717) is 6.42 Å². The van der Waals surface area contributed by atoms with E-state index in [0.717, 1.165) is 12.0 Å². The molecule has 1 aliphatic rings. The summed E-state index contributed by atoms with van der Waals surface area (Å²) in [5.74, 6) is 0. The van der Waals surface area contributed by atoms with Crippen LogP contribution >= 0.6 is 0 Å². The minimum Gasteiger partial charge on any atom is -0.242 e. The summed E-state index contributed by atoms with van der Waals surface area (Å²) in [4.78, 5) is 0. The van der Waals surface area contributed by atoms with E-state index in [1.54, 1.807) is 0 Å². The second-order valence-corrected chi connectivity index (χ2v) is 2.71. The van der Waals surface area contributed by atoms with E-state index >= 15 is 0 Å². The lowest BCUT2D eigenvalue weighted by molar-refractivity contribution is 0.344. The first-order valence-electron chi connectivity index (χ1n) is 3.60. The Labute approximate surface area is 59.7 Å². The molecule has 10 heavy (non-hydrogen) atoms. The van der Waals surface area contributed by atoms with Crippen molar-refractivity contribution >= 4 is 0 Å². The van der Waals surface area contributed by atoms with Crippen LogP contribution in [-0.2, 0) is 6.42 Å². The van der Waals surface area contributed by atoms with Crippen molar-refractivity contribution in [2.45, 2.75) is 19.0 Å². The highest BCUT2D eigenvalue weighted by molar-refractivity contribution is 5.32. The zero-order chi connectivity index (χ0) is 6.97. The topological polar surface area (TPSA) is 0 Å². The van der Waals surface area contributed by atoms with E-state index in [-0.39, 0.29) is 0 Å². The minimum atomic E-state index is -0.698. The zero-order valence-corrected chi connectivity index (χ0v) is 5.68. The van der Waals surface area contributed by atoms with E-state index in [1.165, 1.54) is 5.56 Å². The van der Waals surface area contributed by atoms with Gasteiger partial charge in [-0.25, -0.2) is 4.39 Å². The quantitative estimate of drug-likeness (QED) is 0.514. The molecule has 0 bridgehead atoms. The fraction of sp³-hybridized carbons (Fsp3) is 0.333. The molecule has 1 heteroatoms. The molecular formula is C9H9F. The summed E-state index contributed by atoms with van der Waals surface area (Å²) in [6.07, 6.45) is 0.896. The lowest BCUT2D eigenvalue weighted by atomic mass is 10.1. The average Bonchev–Trinajstić information content (AvgIpc) is 2.34. The molecule has 0 unspecified atom stereocenters. The number of halogens is 1. The smallest absolute Gasteiger partial charge is 0.126 e. The lowest BCUT2D eigenvalue weighted by Gasteiger charge is -1.97. The molecule has 0 N–H and O–H groups in total. The zero-order valence-electron chi connectivity index (χ0n) is 5.68. The average molecular weight is 136 g/mol.